The van der Waals surface area contributed by atoms with Crippen LogP contribution in [0, 0.1) is 0 Å². The number of H-pyrrole nitrogens is 1. The molecule has 3 rings (SSSR count). The fourth-order valence-corrected chi connectivity index (χ4v) is 2.43. The third kappa shape index (κ3) is 4.01. The van der Waals surface area contributed by atoms with Crippen molar-refractivity contribution in [2.45, 2.75) is 6.54 Å². The Labute approximate surface area is 153 Å². The molecule has 0 aliphatic carbocycles. The maximum absolute atomic E-state index is 11.9. The number of carbonyl (C=O) groups is 1. The number of nitrogens with one attached hydrogen (secondary N) is 3. The predicted molar refractivity (Wildman–Crippen MR) is 97.8 cm³/mol. The first-order valence-corrected chi connectivity index (χ1v) is 7.94. The van der Waals surface area contributed by atoms with Gasteiger partial charge in [-0.05, 0) is 18.2 Å². The van der Waals surface area contributed by atoms with Crippen LogP contribution in [0.2, 0.25) is 5.02 Å². The summed E-state index contributed by atoms with van der Waals surface area (Å²) in [5.41, 5.74) is 7.19. The van der Waals surface area contributed by atoms with E-state index < -0.39 is 5.91 Å². The lowest BCUT2D eigenvalue weighted by Gasteiger charge is -2.07. The highest BCUT2D eigenvalue weighted by atomic mass is 35.5. The Balaban J connectivity index is 1.77. The van der Waals surface area contributed by atoms with Crippen molar-refractivity contribution in [2.75, 3.05) is 17.7 Å². The van der Waals surface area contributed by atoms with E-state index in [0.29, 0.717) is 28.9 Å². The van der Waals surface area contributed by atoms with E-state index in [4.69, 9.17) is 22.1 Å². The molecule has 0 unspecified atom stereocenters. The summed E-state index contributed by atoms with van der Waals surface area (Å²) in [6, 6.07) is 7.33. The van der Waals surface area contributed by atoms with Gasteiger partial charge in [0.2, 0.25) is 0 Å². The molecule has 0 aliphatic heterocycles. The lowest BCUT2D eigenvalue weighted by molar-refractivity contribution is 0.100. The van der Waals surface area contributed by atoms with E-state index in [-0.39, 0.29) is 11.6 Å². The van der Waals surface area contributed by atoms with Gasteiger partial charge in [0.15, 0.2) is 5.82 Å². The van der Waals surface area contributed by atoms with Crippen LogP contribution in [0.3, 0.4) is 0 Å². The first-order chi connectivity index (χ1) is 12.6. The van der Waals surface area contributed by atoms with Crippen molar-refractivity contribution < 1.29 is 9.53 Å². The molecule has 0 atom stereocenters. The van der Waals surface area contributed by atoms with Gasteiger partial charge >= 0.3 is 6.01 Å². The number of amides is 1. The molecule has 1 aromatic carbocycles. The summed E-state index contributed by atoms with van der Waals surface area (Å²) in [6.07, 6.45) is 3.22. The van der Waals surface area contributed by atoms with Gasteiger partial charge in [-0.15, -0.1) is 0 Å². The standard InChI is InChI=1S/C16H16ClN7O2/c1-26-16-20-7-9(8-21-16)6-19-14-12(13(18)25)15(24-23-14)22-11-4-2-3-10(17)5-11/h2-5,7-8H,6H2,1H3,(H2,18,25)(H3,19,22,23,24). The molecule has 0 bridgehead atoms. The number of halogens is 1. The van der Waals surface area contributed by atoms with E-state index in [2.05, 4.69) is 30.8 Å². The van der Waals surface area contributed by atoms with Gasteiger partial charge in [0, 0.05) is 35.2 Å². The van der Waals surface area contributed by atoms with Crippen LogP contribution in [0.25, 0.3) is 0 Å². The number of primary amides is 1. The Morgan fingerprint density at radius 1 is 1.35 bits per heavy atom. The van der Waals surface area contributed by atoms with E-state index in [0.717, 1.165) is 5.56 Å². The highest BCUT2D eigenvalue weighted by Gasteiger charge is 2.18. The zero-order valence-corrected chi connectivity index (χ0v) is 14.5. The molecular weight excluding hydrogens is 358 g/mol. The normalized spacial score (nSPS) is 10.4. The number of nitrogens with zero attached hydrogens (tertiary/aromatic N) is 3. The summed E-state index contributed by atoms with van der Waals surface area (Å²) in [6.45, 7) is 0.353. The Morgan fingerprint density at radius 2 is 2.12 bits per heavy atom. The highest BCUT2D eigenvalue weighted by molar-refractivity contribution is 6.30. The second kappa shape index (κ2) is 7.70. The largest absolute Gasteiger partial charge is 0.467 e. The molecule has 5 N–H and O–H groups in total. The molecule has 9 nitrogen and oxygen atoms in total. The molecule has 0 aliphatic rings. The van der Waals surface area contributed by atoms with Crippen LogP contribution in [-0.4, -0.2) is 33.2 Å². The summed E-state index contributed by atoms with van der Waals surface area (Å²) in [4.78, 5) is 19.9. The van der Waals surface area contributed by atoms with E-state index >= 15 is 0 Å². The number of carbonyl (C=O) groups excluding carboxylic acids is 1. The number of anilines is 3. The summed E-state index contributed by atoms with van der Waals surface area (Å²) in [5, 5.41) is 13.5. The molecule has 0 fully saturated rings. The van der Waals surface area contributed by atoms with Gasteiger partial charge in [0.05, 0.1) is 7.11 Å². The summed E-state index contributed by atoms with van der Waals surface area (Å²) in [7, 11) is 1.49. The Bertz CT molecular complexity index is 911. The van der Waals surface area contributed by atoms with Crippen LogP contribution in [0.4, 0.5) is 17.3 Å². The molecule has 10 heteroatoms. The first kappa shape index (κ1) is 17.5. The molecule has 0 saturated heterocycles. The number of methoxy groups -OCH3 is 1. The average Bonchev–Trinajstić information content (AvgIpc) is 3.03. The van der Waals surface area contributed by atoms with Gasteiger partial charge in [0.25, 0.3) is 5.91 Å². The molecule has 26 heavy (non-hydrogen) atoms. The Kier molecular flexibility index (Phi) is 5.18. The van der Waals surface area contributed by atoms with E-state index in [9.17, 15) is 4.79 Å². The van der Waals surface area contributed by atoms with Crippen LogP contribution in [-0.2, 0) is 6.54 Å². The number of aromatic nitrogens is 4. The van der Waals surface area contributed by atoms with Crippen LogP contribution < -0.4 is 21.1 Å². The van der Waals surface area contributed by atoms with E-state index in [1.807, 2.05) is 0 Å². The number of benzene rings is 1. The molecule has 134 valence electrons. The molecule has 3 aromatic rings. The fraction of sp³-hybridized carbons (Fsp3) is 0.125. The smallest absolute Gasteiger partial charge is 0.316 e. The SMILES string of the molecule is COc1ncc(CNc2n[nH]c(Nc3cccc(Cl)c3)c2C(N)=O)cn1. The highest BCUT2D eigenvalue weighted by Crippen LogP contribution is 2.26. The number of nitrogens with two attached hydrogens (primary N) is 1. The predicted octanol–water partition coefficient (Wildman–Crippen LogP) is 2.32. The number of hydrogen-bond donors (Lipinski definition) is 4. The minimum absolute atomic E-state index is 0.208. The Hall–Kier alpha value is -3.33. The second-order valence-corrected chi connectivity index (χ2v) is 5.69. The van der Waals surface area contributed by atoms with Gasteiger partial charge in [-0.3, -0.25) is 9.89 Å². The minimum Gasteiger partial charge on any atom is -0.467 e. The third-order valence-corrected chi connectivity index (χ3v) is 3.67. The topological polar surface area (TPSA) is 131 Å². The summed E-state index contributed by atoms with van der Waals surface area (Å²) < 4.78 is 4.91. The average molecular weight is 374 g/mol. The number of aromatic amines is 1. The van der Waals surface area contributed by atoms with Crippen molar-refractivity contribution in [1.29, 1.82) is 0 Å². The lowest BCUT2D eigenvalue weighted by atomic mass is 10.2. The monoisotopic (exact) mass is 373 g/mol. The van der Waals surface area contributed by atoms with Gasteiger partial charge < -0.3 is 21.1 Å². The quantitative estimate of drug-likeness (QED) is 0.499. The molecule has 2 aromatic heterocycles. The summed E-state index contributed by atoms with van der Waals surface area (Å²) >= 11 is 5.97. The van der Waals surface area contributed by atoms with Crippen molar-refractivity contribution in [3.8, 4) is 6.01 Å². The molecule has 1 amide bonds. The van der Waals surface area contributed by atoms with Crippen molar-refractivity contribution in [1.82, 2.24) is 20.2 Å². The zero-order valence-electron chi connectivity index (χ0n) is 13.8. The Morgan fingerprint density at radius 3 is 2.77 bits per heavy atom. The van der Waals surface area contributed by atoms with Crippen LogP contribution >= 0.6 is 11.6 Å². The number of ether oxygens (including phenoxy) is 1. The number of rotatable bonds is 7. The minimum atomic E-state index is -0.628. The van der Waals surface area contributed by atoms with Crippen molar-refractivity contribution in [3.05, 3.63) is 52.8 Å². The second-order valence-electron chi connectivity index (χ2n) is 5.25. The molecule has 2 heterocycles. The molecular formula is C16H16ClN7O2. The summed E-state index contributed by atoms with van der Waals surface area (Å²) in [5.74, 6) is 0.0582. The zero-order chi connectivity index (χ0) is 18.5. The molecule has 0 saturated carbocycles. The van der Waals surface area contributed by atoms with Crippen LogP contribution in [0.15, 0.2) is 36.7 Å². The van der Waals surface area contributed by atoms with Crippen LogP contribution in [0.1, 0.15) is 15.9 Å². The maximum atomic E-state index is 11.9. The van der Waals surface area contributed by atoms with Gasteiger partial charge in [-0.2, -0.15) is 5.10 Å². The van der Waals surface area contributed by atoms with Crippen molar-refractivity contribution in [2.24, 2.45) is 5.73 Å². The van der Waals surface area contributed by atoms with Gasteiger partial charge in [-0.1, -0.05) is 17.7 Å². The van der Waals surface area contributed by atoms with E-state index in [1.54, 1.807) is 36.7 Å². The molecule has 0 radical (unpaired) electrons. The van der Waals surface area contributed by atoms with Crippen molar-refractivity contribution in [3.63, 3.8) is 0 Å². The van der Waals surface area contributed by atoms with Crippen molar-refractivity contribution >= 4 is 34.8 Å². The fourth-order valence-electron chi connectivity index (χ4n) is 2.24. The lowest BCUT2D eigenvalue weighted by Crippen LogP contribution is -2.15. The van der Waals surface area contributed by atoms with Gasteiger partial charge in [0.1, 0.15) is 11.4 Å². The maximum Gasteiger partial charge on any atom is 0.316 e. The molecule has 0 spiro atoms. The van der Waals surface area contributed by atoms with Crippen LogP contribution in [0.5, 0.6) is 6.01 Å². The third-order valence-electron chi connectivity index (χ3n) is 3.43. The first-order valence-electron chi connectivity index (χ1n) is 7.56. The van der Waals surface area contributed by atoms with Gasteiger partial charge in [-0.25, -0.2) is 9.97 Å². The van der Waals surface area contributed by atoms with E-state index in [1.165, 1.54) is 7.11 Å². The number of hydrogen-bond acceptors (Lipinski definition) is 7.